The maximum absolute atomic E-state index is 12.1. The number of hydrogen-bond donors (Lipinski definition) is 3. The molecule has 11 nitrogen and oxygen atoms in total. The number of nitrogens with one attached hydrogen (secondary N) is 2. The van der Waals surface area contributed by atoms with E-state index in [0.717, 1.165) is 47.4 Å². The van der Waals surface area contributed by atoms with Gasteiger partial charge in [0.1, 0.15) is 11.4 Å². The third-order valence-electron chi connectivity index (χ3n) is 6.83. The lowest BCUT2D eigenvalue weighted by molar-refractivity contribution is -0.137. The Morgan fingerprint density at radius 2 is 2.00 bits per heavy atom. The van der Waals surface area contributed by atoms with E-state index in [4.69, 9.17) is 14.5 Å². The molecule has 11 heteroatoms. The van der Waals surface area contributed by atoms with Crippen LogP contribution in [0.1, 0.15) is 62.2 Å². The van der Waals surface area contributed by atoms with Gasteiger partial charge in [0.05, 0.1) is 42.2 Å². The van der Waals surface area contributed by atoms with E-state index in [0.29, 0.717) is 29.9 Å². The number of nitrogens with zero attached hydrogens (tertiary/aromatic N) is 4. The number of benzene rings is 1. The number of alkyl carbamates (subject to hydrolysis) is 1. The number of anilines is 1. The predicted molar refractivity (Wildman–Crippen MR) is 158 cm³/mol. The Kier molecular flexibility index (Phi) is 8.56. The fourth-order valence-corrected chi connectivity index (χ4v) is 4.94. The number of aromatic nitrogens is 4. The minimum absolute atomic E-state index is 0.188. The van der Waals surface area contributed by atoms with E-state index in [1.54, 1.807) is 44.0 Å². The van der Waals surface area contributed by atoms with Crippen LogP contribution < -0.4 is 15.4 Å². The smallest absolute Gasteiger partial charge is 0.407 e. The van der Waals surface area contributed by atoms with Crippen molar-refractivity contribution in [1.29, 1.82) is 0 Å². The summed E-state index contributed by atoms with van der Waals surface area (Å²) in [6.45, 7) is 7.04. The number of ether oxygens (including phenoxy) is 2. The van der Waals surface area contributed by atoms with Crippen molar-refractivity contribution in [3.8, 4) is 5.75 Å². The van der Waals surface area contributed by atoms with Crippen molar-refractivity contribution in [3.63, 3.8) is 0 Å². The van der Waals surface area contributed by atoms with Crippen LogP contribution in [-0.4, -0.2) is 55.7 Å². The molecule has 1 unspecified atom stereocenters. The lowest BCUT2D eigenvalue weighted by atomic mass is 10.0. The van der Waals surface area contributed by atoms with Crippen LogP contribution in [-0.2, 0) is 28.9 Å². The molecule has 42 heavy (non-hydrogen) atoms. The molecule has 4 heterocycles. The highest BCUT2D eigenvalue weighted by atomic mass is 16.6. The summed E-state index contributed by atoms with van der Waals surface area (Å²) in [6, 6.07) is 11.0. The Morgan fingerprint density at radius 1 is 1.14 bits per heavy atom. The zero-order chi connectivity index (χ0) is 29.7. The second-order valence-electron chi connectivity index (χ2n) is 11.3. The predicted octanol–water partition coefficient (Wildman–Crippen LogP) is 4.89. The normalized spacial score (nSPS) is 13.6. The lowest BCUT2D eigenvalue weighted by Crippen LogP contribution is -2.32. The molecule has 0 bridgehead atoms. The first kappa shape index (κ1) is 28.8. The minimum atomic E-state index is -0.965. The number of pyridine rings is 2. The van der Waals surface area contributed by atoms with Crippen molar-refractivity contribution in [2.45, 2.75) is 64.6 Å². The maximum Gasteiger partial charge on any atom is 0.407 e. The summed E-state index contributed by atoms with van der Waals surface area (Å²) in [6.07, 6.45) is 7.00. The monoisotopic (exact) mass is 572 g/mol. The van der Waals surface area contributed by atoms with Crippen LogP contribution in [0.25, 0.3) is 10.9 Å². The standard InChI is InChI=1S/C31H36N6O5/c1-31(2,3)42-30(40)34-17-20-13-21(18-32-16-20)28(15-29(38)39)37-27-9-7-24(14-22(27)19-35-37)41-12-10-23-6-8-25-26(36-23)5-4-11-33-25/h6-9,13-14,16,18-19,28,33H,4-5,10-12,15,17H2,1-3H3,(H,34,40)(H,38,39). The van der Waals surface area contributed by atoms with Gasteiger partial charge in [-0.1, -0.05) is 0 Å². The Bertz CT molecular complexity index is 1580. The number of rotatable bonds is 10. The van der Waals surface area contributed by atoms with Crippen LogP contribution in [0, 0.1) is 0 Å². The molecule has 3 N–H and O–H groups in total. The number of carboxylic acid groups (broad SMARTS) is 1. The highest BCUT2D eigenvalue weighted by Crippen LogP contribution is 2.29. The first-order valence-electron chi connectivity index (χ1n) is 14.1. The Labute approximate surface area is 244 Å². The van der Waals surface area contributed by atoms with Gasteiger partial charge in [-0.2, -0.15) is 5.10 Å². The molecule has 0 radical (unpaired) electrons. The minimum Gasteiger partial charge on any atom is -0.493 e. The van der Waals surface area contributed by atoms with E-state index >= 15 is 0 Å². The molecule has 1 atom stereocenters. The van der Waals surface area contributed by atoms with Crippen LogP contribution in [0.5, 0.6) is 5.75 Å². The van der Waals surface area contributed by atoms with Crippen molar-refractivity contribution < 1.29 is 24.2 Å². The van der Waals surface area contributed by atoms with Gasteiger partial charge in [-0.15, -0.1) is 0 Å². The molecule has 0 fully saturated rings. The first-order valence-corrected chi connectivity index (χ1v) is 14.1. The van der Waals surface area contributed by atoms with Crippen molar-refractivity contribution in [1.82, 2.24) is 25.1 Å². The van der Waals surface area contributed by atoms with Gasteiger partial charge in [0.25, 0.3) is 0 Å². The third-order valence-corrected chi connectivity index (χ3v) is 6.83. The summed E-state index contributed by atoms with van der Waals surface area (Å²) in [5.41, 5.74) is 4.77. The van der Waals surface area contributed by atoms with Crippen molar-refractivity contribution in [2.24, 2.45) is 0 Å². The molecular formula is C31H36N6O5. The zero-order valence-electron chi connectivity index (χ0n) is 24.1. The van der Waals surface area contributed by atoms with Gasteiger partial charge >= 0.3 is 12.1 Å². The average molecular weight is 573 g/mol. The summed E-state index contributed by atoms with van der Waals surface area (Å²) in [5.74, 6) is -0.263. The average Bonchev–Trinajstić information content (AvgIpc) is 3.37. The Balaban J connectivity index is 1.28. The van der Waals surface area contributed by atoms with Crippen molar-refractivity contribution in [3.05, 3.63) is 77.5 Å². The molecule has 220 valence electrons. The highest BCUT2D eigenvalue weighted by Gasteiger charge is 2.22. The zero-order valence-corrected chi connectivity index (χ0v) is 24.1. The maximum atomic E-state index is 12.1. The molecule has 4 aromatic rings. The van der Waals surface area contributed by atoms with Gasteiger partial charge in [0.15, 0.2) is 0 Å². The van der Waals surface area contributed by atoms with Gasteiger partial charge in [-0.3, -0.25) is 19.4 Å². The van der Waals surface area contributed by atoms with Crippen LogP contribution in [0.2, 0.25) is 0 Å². The quantitative estimate of drug-likeness (QED) is 0.242. The summed E-state index contributed by atoms with van der Waals surface area (Å²) >= 11 is 0. The fraction of sp³-hybridized carbons (Fsp3) is 0.387. The molecule has 1 amide bonds. The molecule has 0 saturated heterocycles. The Morgan fingerprint density at radius 3 is 2.81 bits per heavy atom. The number of aryl methyl sites for hydroxylation is 1. The van der Waals surface area contributed by atoms with E-state index in [1.165, 1.54) is 0 Å². The van der Waals surface area contributed by atoms with Gasteiger partial charge < -0.3 is 25.2 Å². The lowest BCUT2D eigenvalue weighted by Gasteiger charge is -2.20. The summed E-state index contributed by atoms with van der Waals surface area (Å²) in [4.78, 5) is 33.0. The molecule has 0 aliphatic carbocycles. The number of aliphatic carboxylic acids is 1. The number of hydrogen-bond acceptors (Lipinski definition) is 8. The van der Waals surface area contributed by atoms with E-state index in [2.05, 4.69) is 26.8 Å². The molecule has 0 saturated carbocycles. The number of carboxylic acids is 1. The van der Waals surface area contributed by atoms with Gasteiger partial charge in [-0.25, -0.2) is 4.79 Å². The van der Waals surface area contributed by atoms with E-state index < -0.39 is 23.7 Å². The Hall–Kier alpha value is -4.67. The third kappa shape index (κ3) is 7.34. The van der Waals surface area contributed by atoms with Crippen LogP contribution in [0.3, 0.4) is 0 Å². The van der Waals surface area contributed by atoms with Gasteiger partial charge in [-0.05, 0) is 81.1 Å². The van der Waals surface area contributed by atoms with E-state index in [-0.39, 0.29) is 13.0 Å². The number of fused-ring (bicyclic) bond motifs is 2. The second kappa shape index (κ2) is 12.5. The highest BCUT2D eigenvalue weighted by molar-refractivity contribution is 5.81. The van der Waals surface area contributed by atoms with E-state index in [9.17, 15) is 14.7 Å². The largest absolute Gasteiger partial charge is 0.493 e. The molecular weight excluding hydrogens is 536 g/mol. The number of amides is 1. The van der Waals surface area contributed by atoms with Crippen LogP contribution in [0.4, 0.5) is 10.5 Å². The second-order valence-corrected chi connectivity index (χ2v) is 11.3. The van der Waals surface area contributed by atoms with Gasteiger partial charge in [0, 0.05) is 43.0 Å². The number of carbonyl (C=O) groups is 2. The molecule has 5 rings (SSSR count). The molecule has 1 aliphatic heterocycles. The SMILES string of the molecule is CC(C)(C)OC(=O)NCc1cncc(C(CC(=O)O)n2ncc3cc(OCCc4ccc5c(n4)CCCN5)ccc32)c1. The molecule has 1 aliphatic rings. The topological polar surface area (TPSA) is 140 Å². The van der Waals surface area contributed by atoms with E-state index in [1.807, 2.05) is 30.3 Å². The summed E-state index contributed by atoms with van der Waals surface area (Å²) in [7, 11) is 0. The van der Waals surface area contributed by atoms with Crippen molar-refractivity contribution in [2.75, 3.05) is 18.5 Å². The molecule has 1 aromatic carbocycles. The van der Waals surface area contributed by atoms with Crippen LogP contribution in [0.15, 0.2) is 55.0 Å². The molecule has 0 spiro atoms. The molecule has 3 aromatic heterocycles. The summed E-state index contributed by atoms with van der Waals surface area (Å²) < 4.78 is 13.0. The van der Waals surface area contributed by atoms with Crippen molar-refractivity contribution >= 4 is 28.7 Å². The van der Waals surface area contributed by atoms with Gasteiger partial charge in [0.2, 0.25) is 0 Å². The first-order chi connectivity index (χ1) is 20.1. The van der Waals surface area contributed by atoms with Crippen LogP contribution >= 0.6 is 0 Å². The number of carbonyl (C=O) groups excluding carboxylic acids is 1. The summed E-state index contributed by atoms with van der Waals surface area (Å²) in [5, 5.41) is 21.2. The fourth-order valence-electron chi connectivity index (χ4n) is 4.94.